The van der Waals surface area contributed by atoms with Crippen molar-refractivity contribution < 1.29 is 9.59 Å². The quantitative estimate of drug-likeness (QED) is 0.877. The number of aromatic nitrogens is 1. The van der Waals surface area contributed by atoms with Crippen molar-refractivity contribution in [1.82, 2.24) is 15.2 Å². The first-order valence-corrected chi connectivity index (χ1v) is 7.15. The number of hydrogen-bond acceptors (Lipinski definition) is 3. The fourth-order valence-corrected chi connectivity index (χ4v) is 2.68. The lowest BCUT2D eigenvalue weighted by Gasteiger charge is -2.14. The van der Waals surface area contributed by atoms with Crippen LogP contribution in [0.1, 0.15) is 25.3 Å². The Bertz CT molecular complexity index is 693. The van der Waals surface area contributed by atoms with E-state index in [4.69, 9.17) is 0 Å². The molecule has 1 fully saturated rings. The number of urea groups is 1. The largest absolute Gasteiger partial charge is 0.326 e. The van der Waals surface area contributed by atoms with E-state index in [2.05, 4.69) is 10.3 Å². The number of fused-ring (bicyclic) bond motifs is 1. The summed E-state index contributed by atoms with van der Waals surface area (Å²) in [6.07, 6.45) is 3.26. The number of amides is 3. The molecule has 1 aromatic heterocycles. The minimum atomic E-state index is -0.384. The van der Waals surface area contributed by atoms with Gasteiger partial charge in [0.15, 0.2) is 0 Å². The Morgan fingerprint density at radius 3 is 2.86 bits per heavy atom. The van der Waals surface area contributed by atoms with Crippen molar-refractivity contribution >= 4 is 22.8 Å². The van der Waals surface area contributed by atoms with E-state index in [-0.39, 0.29) is 24.5 Å². The summed E-state index contributed by atoms with van der Waals surface area (Å²) < 4.78 is 0. The fraction of sp³-hybridized carbons (Fsp3) is 0.312. The van der Waals surface area contributed by atoms with Gasteiger partial charge >= 0.3 is 6.03 Å². The first kappa shape index (κ1) is 13.5. The van der Waals surface area contributed by atoms with Crippen LogP contribution in [0.25, 0.3) is 10.9 Å². The molecule has 1 atom stereocenters. The Hall–Kier alpha value is -2.43. The van der Waals surface area contributed by atoms with Crippen molar-refractivity contribution in [2.45, 2.75) is 32.4 Å². The predicted molar refractivity (Wildman–Crippen MR) is 79.5 cm³/mol. The van der Waals surface area contributed by atoms with E-state index in [1.165, 1.54) is 4.90 Å². The number of para-hydroxylation sites is 1. The molecule has 0 radical (unpaired) electrons. The van der Waals surface area contributed by atoms with Crippen molar-refractivity contribution in [3.05, 3.63) is 42.1 Å². The Morgan fingerprint density at radius 1 is 1.24 bits per heavy atom. The summed E-state index contributed by atoms with van der Waals surface area (Å²) in [4.78, 5) is 29.9. The molecule has 0 aliphatic carbocycles. The van der Waals surface area contributed by atoms with Crippen molar-refractivity contribution in [1.29, 1.82) is 0 Å². The van der Waals surface area contributed by atoms with Crippen LogP contribution in [0.4, 0.5) is 4.79 Å². The van der Waals surface area contributed by atoms with Crippen LogP contribution in [0.3, 0.4) is 0 Å². The second-order valence-corrected chi connectivity index (χ2v) is 5.21. The van der Waals surface area contributed by atoms with Crippen molar-refractivity contribution in [3.8, 4) is 0 Å². The summed E-state index contributed by atoms with van der Waals surface area (Å²) >= 11 is 0. The molecule has 3 rings (SSSR count). The number of rotatable bonds is 4. The number of pyridine rings is 1. The van der Waals surface area contributed by atoms with E-state index in [9.17, 15) is 9.59 Å². The van der Waals surface area contributed by atoms with Crippen molar-refractivity contribution in [2.24, 2.45) is 0 Å². The molecular weight excluding hydrogens is 266 g/mol. The maximum absolute atomic E-state index is 12.3. The molecule has 1 saturated heterocycles. The van der Waals surface area contributed by atoms with Crippen LogP contribution < -0.4 is 5.32 Å². The van der Waals surface area contributed by atoms with Gasteiger partial charge in [0, 0.05) is 11.6 Å². The summed E-state index contributed by atoms with van der Waals surface area (Å²) in [6.45, 7) is 2.26. The SMILES string of the molecule is CCCC1NC(=O)N(Cc2cccc3cccnc23)C1=O. The molecule has 0 saturated carbocycles. The number of imide groups is 1. The zero-order valence-corrected chi connectivity index (χ0v) is 11.9. The average Bonchev–Trinajstić information content (AvgIpc) is 2.76. The molecule has 5 nitrogen and oxygen atoms in total. The second-order valence-electron chi connectivity index (χ2n) is 5.21. The number of nitrogens with zero attached hydrogens (tertiary/aromatic N) is 2. The molecule has 0 bridgehead atoms. The topological polar surface area (TPSA) is 62.3 Å². The lowest BCUT2D eigenvalue weighted by molar-refractivity contribution is -0.128. The van der Waals surface area contributed by atoms with Gasteiger partial charge in [0.25, 0.3) is 5.91 Å². The summed E-state index contributed by atoms with van der Waals surface area (Å²) in [6, 6.07) is 8.94. The third kappa shape index (κ3) is 2.46. The standard InChI is InChI=1S/C16H17N3O2/c1-2-5-13-15(20)19(16(21)18-13)10-12-7-3-6-11-8-4-9-17-14(11)12/h3-4,6-9,13H,2,5,10H2,1H3,(H,18,21). The summed E-state index contributed by atoms with van der Waals surface area (Å²) in [7, 11) is 0. The minimum absolute atomic E-state index is 0.144. The average molecular weight is 283 g/mol. The predicted octanol–water partition coefficient (Wildman–Crippen LogP) is 2.46. The third-order valence-electron chi connectivity index (χ3n) is 3.73. The molecule has 1 unspecified atom stereocenters. The molecule has 21 heavy (non-hydrogen) atoms. The van der Waals surface area contributed by atoms with Crippen LogP contribution >= 0.6 is 0 Å². The van der Waals surface area contributed by atoms with Gasteiger partial charge < -0.3 is 5.32 Å². The first-order chi connectivity index (χ1) is 10.2. The monoisotopic (exact) mass is 283 g/mol. The van der Waals surface area contributed by atoms with Gasteiger partial charge in [0.1, 0.15) is 6.04 Å². The van der Waals surface area contributed by atoms with E-state index in [1.54, 1.807) is 6.20 Å². The third-order valence-corrected chi connectivity index (χ3v) is 3.73. The van der Waals surface area contributed by atoms with Gasteiger partial charge in [-0.2, -0.15) is 0 Å². The fourth-order valence-electron chi connectivity index (χ4n) is 2.68. The van der Waals surface area contributed by atoms with Gasteiger partial charge in [0.2, 0.25) is 0 Å². The first-order valence-electron chi connectivity index (χ1n) is 7.15. The van der Waals surface area contributed by atoms with Crippen LogP contribution in [0.2, 0.25) is 0 Å². The molecule has 3 amide bonds. The number of carbonyl (C=O) groups is 2. The molecule has 108 valence electrons. The Morgan fingerprint density at radius 2 is 2.05 bits per heavy atom. The highest BCUT2D eigenvalue weighted by molar-refractivity contribution is 6.04. The molecule has 2 aromatic rings. The number of hydrogen-bond donors (Lipinski definition) is 1. The highest BCUT2D eigenvalue weighted by atomic mass is 16.2. The number of benzene rings is 1. The summed E-state index contributed by atoms with van der Waals surface area (Å²) in [5, 5.41) is 3.75. The molecule has 2 heterocycles. The maximum Gasteiger partial charge on any atom is 0.325 e. The normalized spacial score (nSPS) is 18.3. The highest BCUT2D eigenvalue weighted by Crippen LogP contribution is 2.20. The maximum atomic E-state index is 12.3. The van der Waals surface area contributed by atoms with Gasteiger partial charge in [-0.15, -0.1) is 0 Å². The minimum Gasteiger partial charge on any atom is -0.326 e. The van der Waals surface area contributed by atoms with Crippen LogP contribution in [0, 0.1) is 0 Å². The van der Waals surface area contributed by atoms with Gasteiger partial charge in [0.05, 0.1) is 12.1 Å². The highest BCUT2D eigenvalue weighted by Gasteiger charge is 2.37. The van der Waals surface area contributed by atoms with Crippen LogP contribution in [0.5, 0.6) is 0 Å². The van der Waals surface area contributed by atoms with Crippen LogP contribution in [-0.2, 0) is 11.3 Å². The Labute approximate surface area is 123 Å². The molecule has 1 N–H and O–H groups in total. The lowest BCUT2D eigenvalue weighted by Crippen LogP contribution is -2.31. The second kappa shape index (κ2) is 5.52. The molecular formula is C16H17N3O2. The lowest BCUT2D eigenvalue weighted by atomic mass is 10.1. The van der Waals surface area contributed by atoms with Crippen molar-refractivity contribution in [3.63, 3.8) is 0 Å². The van der Waals surface area contributed by atoms with E-state index < -0.39 is 0 Å². The van der Waals surface area contributed by atoms with Gasteiger partial charge in [-0.05, 0) is 18.1 Å². The zero-order valence-electron chi connectivity index (χ0n) is 11.9. The van der Waals surface area contributed by atoms with Crippen molar-refractivity contribution in [2.75, 3.05) is 0 Å². The van der Waals surface area contributed by atoms with E-state index >= 15 is 0 Å². The van der Waals surface area contributed by atoms with Gasteiger partial charge in [-0.1, -0.05) is 37.6 Å². The smallest absolute Gasteiger partial charge is 0.325 e. The van der Waals surface area contributed by atoms with E-state index in [0.717, 1.165) is 22.9 Å². The van der Waals surface area contributed by atoms with Crippen LogP contribution in [-0.4, -0.2) is 27.9 Å². The van der Waals surface area contributed by atoms with E-state index in [0.29, 0.717) is 6.42 Å². The van der Waals surface area contributed by atoms with E-state index in [1.807, 2.05) is 37.3 Å². The zero-order chi connectivity index (χ0) is 14.8. The van der Waals surface area contributed by atoms with Gasteiger partial charge in [-0.25, -0.2) is 4.79 Å². The van der Waals surface area contributed by atoms with Gasteiger partial charge in [-0.3, -0.25) is 14.7 Å². The number of carbonyl (C=O) groups excluding carboxylic acids is 2. The van der Waals surface area contributed by atoms with Crippen LogP contribution in [0.15, 0.2) is 36.5 Å². The molecule has 1 aromatic carbocycles. The molecule has 0 spiro atoms. The number of nitrogens with one attached hydrogen (secondary N) is 1. The summed E-state index contributed by atoms with van der Waals surface area (Å²) in [5.74, 6) is -0.144. The molecule has 1 aliphatic heterocycles. The summed E-state index contributed by atoms with van der Waals surface area (Å²) in [5.41, 5.74) is 1.72. The Balaban J connectivity index is 1.89. The molecule has 1 aliphatic rings. The molecule has 5 heteroatoms. The Kier molecular flexibility index (Phi) is 3.56.